The van der Waals surface area contributed by atoms with E-state index >= 15 is 0 Å². The van der Waals surface area contributed by atoms with E-state index in [1.54, 1.807) is 7.11 Å². The second kappa shape index (κ2) is 5.95. The van der Waals surface area contributed by atoms with Gasteiger partial charge in [-0.3, -0.25) is 4.79 Å². The van der Waals surface area contributed by atoms with Crippen LogP contribution in [0.15, 0.2) is 35.2 Å². The average molecular weight is 287 g/mol. The molecule has 2 heterocycles. The van der Waals surface area contributed by atoms with Crippen LogP contribution in [0, 0.1) is 0 Å². The average Bonchev–Trinajstić information content (AvgIpc) is 3.18. The summed E-state index contributed by atoms with van der Waals surface area (Å²) in [5.41, 5.74) is 0.961. The Morgan fingerprint density at radius 2 is 2.43 bits per heavy atom. The summed E-state index contributed by atoms with van der Waals surface area (Å²) in [6.45, 7) is 1.39. The molecule has 0 unspecified atom stereocenters. The highest BCUT2D eigenvalue weighted by molar-refractivity contribution is 5.79. The van der Waals surface area contributed by atoms with Crippen LogP contribution in [0.4, 0.5) is 0 Å². The van der Waals surface area contributed by atoms with Gasteiger partial charge in [-0.15, -0.1) is 0 Å². The summed E-state index contributed by atoms with van der Waals surface area (Å²) in [6, 6.07) is 7.60. The summed E-state index contributed by atoms with van der Waals surface area (Å²) >= 11 is 0. The third-order valence-electron chi connectivity index (χ3n) is 3.77. The van der Waals surface area contributed by atoms with E-state index in [0.29, 0.717) is 18.8 Å². The van der Waals surface area contributed by atoms with Gasteiger partial charge in [0, 0.05) is 19.0 Å². The minimum Gasteiger partial charge on any atom is -0.497 e. The zero-order valence-electron chi connectivity index (χ0n) is 11.9. The van der Waals surface area contributed by atoms with Crippen molar-refractivity contribution in [1.82, 2.24) is 15.0 Å². The molecule has 3 rings (SSSR count). The van der Waals surface area contributed by atoms with Crippen LogP contribution >= 0.6 is 0 Å². The molecule has 1 atom stereocenters. The molecule has 0 N–H and O–H groups in total. The van der Waals surface area contributed by atoms with Gasteiger partial charge in [-0.2, -0.15) is 4.98 Å². The minimum atomic E-state index is 0.120. The number of amides is 1. The second-order valence-electron chi connectivity index (χ2n) is 5.14. The van der Waals surface area contributed by atoms with Crippen LogP contribution in [-0.4, -0.2) is 41.1 Å². The van der Waals surface area contributed by atoms with Gasteiger partial charge in [-0.25, -0.2) is 0 Å². The molecule has 0 bridgehead atoms. The van der Waals surface area contributed by atoms with E-state index in [1.165, 1.54) is 6.39 Å². The predicted molar refractivity (Wildman–Crippen MR) is 74.9 cm³/mol. The molecule has 6 heteroatoms. The molecule has 2 aromatic rings. The van der Waals surface area contributed by atoms with Crippen molar-refractivity contribution in [3.63, 3.8) is 0 Å². The highest BCUT2D eigenvalue weighted by atomic mass is 16.5. The molecule has 110 valence electrons. The Balaban J connectivity index is 1.61. The van der Waals surface area contributed by atoms with Crippen LogP contribution in [0.5, 0.6) is 5.75 Å². The van der Waals surface area contributed by atoms with Gasteiger partial charge >= 0.3 is 0 Å². The van der Waals surface area contributed by atoms with Gasteiger partial charge in [0.05, 0.1) is 13.5 Å². The fourth-order valence-electron chi connectivity index (χ4n) is 2.63. The summed E-state index contributed by atoms with van der Waals surface area (Å²) in [5, 5.41) is 3.86. The number of rotatable bonds is 4. The van der Waals surface area contributed by atoms with Gasteiger partial charge in [0.1, 0.15) is 5.75 Å². The number of carbonyl (C=O) groups excluding carboxylic acids is 1. The Morgan fingerprint density at radius 3 is 3.19 bits per heavy atom. The molecule has 1 aliphatic rings. The molecular formula is C15H17N3O3. The summed E-state index contributed by atoms with van der Waals surface area (Å²) in [7, 11) is 1.62. The first-order valence-corrected chi connectivity index (χ1v) is 6.93. The number of aromatic nitrogens is 2. The van der Waals surface area contributed by atoms with Crippen molar-refractivity contribution in [2.75, 3.05) is 20.2 Å². The zero-order valence-corrected chi connectivity index (χ0v) is 11.9. The smallest absolute Gasteiger partial charge is 0.227 e. The molecule has 0 aliphatic carbocycles. The lowest BCUT2D eigenvalue weighted by Gasteiger charge is -2.16. The molecule has 1 saturated heterocycles. The van der Waals surface area contributed by atoms with Gasteiger partial charge in [-0.1, -0.05) is 17.3 Å². The SMILES string of the molecule is COc1cccc(CC(=O)N2CC[C@@H](c3ncon3)C2)c1. The quantitative estimate of drug-likeness (QED) is 0.855. The van der Waals surface area contributed by atoms with Crippen LogP contribution in [0.3, 0.4) is 0 Å². The molecule has 21 heavy (non-hydrogen) atoms. The molecule has 0 radical (unpaired) electrons. The first-order chi connectivity index (χ1) is 10.3. The number of hydrogen-bond acceptors (Lipinski definition) is 5. The third-order valence-corrected chi connectivity index (χ3v) is 3.77. The minimum absolute atomic E-state index is 0.120. The maximum Gasteiger partial charge on any atom is 0.227 e. The number of methoxy groups -OCH3 is 1. The Kier molecular flexibility index (Phi) is 3.85. The Labute approximate surface area is 122 Å². The van der Waals surface area contributed by atoms with Gasteiger partial charge in [0.25, 0.3) is 0 Å². The lowest BCUT2D eigenvalue weighted by atomic mass is 10.1. The van der Waals surface area contributed by atoms with E-state index in [0.717, 1.165) is 24.3 Å². The highest BCUT2D eigenvalue weighted by Crippen LogP contribution is 2.25. The van der Waals surface area contributed by atoms with E-state index in [-0.39, 0.29) is 11.8 Å². The maximum atomic E-state index is 12.4. The van der Waals surface area contributed by atoms with Gasteiger partial charge < -0.3 is 14.2 Å². The number of nitrogens with zero attached hydrogens (tertiary/aromatic N) is 3. The fraction of sp³-hybridized carbons (Fsp3) is 0.400. The van der Waals surface area contributed by atoms with E-state index in [9.17, 15) is 4.79 Å². The molecule has 0 saturated carbocycles. The lowest BCUT2D eigenvalue weighted by Crippen LogP contribution is -2.30. The summed E-state index contributed by atoms with van der Waals surface area (Å²) in [6.07, 6.45) is 2.59. The molecule has 1 aliphatic heterocycles. The van der Waals surface area contributed by atoms with Crippen molar-refractivity contribution in [3.8, 4) is 5.75 Å². The van der Waals surface area contributed by atoms with E-state index in [4.69, 9.17) is 9.26 Å². The number of hydrogen-bond donors (Lipinski definition) is 0. The van der Waals surface area contributed by atoms with Crippen molar-refractivity contribution in [1.29, 1.82) is 0 Å². The Morgan fingerprint density at radius 1 is 1.52 bits per heavy atom. The molecule has 1 amide bonds. The largest absolute Gasteiger partial charge is 0.497 e. The van der Waals surface area contributed by atoms with Crippen molar-refractivity contribution < 1.29 is 14.1 Å². The number of benzene rings is 1. The van der Waals surface area contributed by atoms with Gasteiger partial charge in [-0.05, 0) is 24.1 Å². The van der Waals surface area contributed by atoms with Crippen LogP contribution < -0.4 is 4.74 Å². The van der Waals surface area contributed by atoms with Crippen molar-refractivity contribution >= 4 is 5.91 Å². The first kappa shape index (κ1) is 13.6. The lowest BCUT2D eigenvalue weighted by molar-refractivity contribution is -0.129. The number of carbonyl (C=O) groups is 1. The predicted octanol–water partition coefficient (Wildman–Crippen LogP) is 1.64. The molecule has 0 spiro atoms. The molecule has 1 aromatic carbocycles. The highest BCUT2D eigenvalue weighted by Gasteiger charge is 2.29. The molecule has 1 aromatic heterocycles. The van der Waals surface area contributed by atoms with Gasteiger partial charge in [0.15, 0.2) is 5.82 Å². The standard InChI is InChI=1S/C15H17N3O3/c1-20-13-4-2-3-11(7-13)8-14(19)18-6-5-12(9-18)15-16-10-21-17-15/h2-4,7,10,12H,5-6,8-9H2,1H3/t12-/m1/s1. The molecule has 6 nitrogen and oxygen atoms in total. The van der Waals surface area contributed by atoms with Crippen LogP contribution in [0.25, 0.3) is 0 Å². The van der Waals surface area contributed by atoms with Crippen LogP contribution in [-0.2, 0) is 11.2 Å². The van der Waals surface area contributed by atoms with Crippen molar-refractivity contribution in [3.05, 3.63) is 42.0 Å². The topological polar surface area (TPSA) is 68.5 Å². The van der Waals surface area contributed by atoms with Crippen molar-refractivity contribution in [2.24, 2.45) is 0 Å². The van der Waals surface area contributed by atoms with E-state index < -0.39 is 0 Å². The molecular weight excluding hydrogens is 270 g/mol. The zero-order chi connectivity index (χ0) is 14.7. The maximum absolute atomic E-state index is 12.4. The summed E-state index contributed by atoms with van der Waals surface area (Å²) < 4.78 is 9.94. The van der Waals surface area contributed by atoms with E-state index in [1.807, 2.05) is 29.2 Å². The third kappa shape index (κ3) is 3.04. The first-order valence-electron chi connectivity index (χ1n) is 6.93. The van der Waals surface area contributed by atoms with E-state index in [2.05, 4.69) is 10.1 Å². The normalized spacial score (nSPS) is 18.0. The Bertz CT molecular complexity index is 612. The number of likely N-dealkylation sites (tertiary alicyclic amines) is 1. The monoisotopic (exact) mass is 287 g/mol. The Hall–Kier alpha value is -2.37. The summed E-state index contributed by atoms with van der Waals surface area (Å²) in [4.78, 5) is 18.3. The van der Waals surface area contributed by atoms with Crippen LogP contribution in [0.2, 0.25) is 0 Å². The van der Waals surface area contributed by atoms with Gasteiger partial charge in [0.2, 0.25) is 12.3 Å². The second-order valence-corrected chi connectivity index (χ2v) is 5.14. The van der Waals surface area contributed by atoms with Crippen LogP contribution in [0.1, 0.15) is 23.7 Å². The summed E-state index contributed by atoms with van der Waals surface area (Å²) in [5.74, 6) is 1.75. The van der Waals surface area contributed by atoms with Crippen molar-refractivity contribution in [2.45, 2.75) is 18.8 Å². The molecule has 1 fully saturated rings. The number of ether oxygens (including phenoxy) is 1. The fourth-order valence-corrected chi connectivity index (χ4v) is 2.63.